The normalized spacial score (nSPS) is 13.6. The van der Waals surface area contributed by atoms with Crippen LogP contribution < -0.4 is 10.5 Å². The van der Waals surface area contributed by atoms with Crippen molar-refractivity contribution in [2.45, 2.75) is 17.7 Å². The highest BCUT2D eigenvalue weighted by molar-refractivity contribution is 7.89. The van der Waals surface area contributed by atoms with Crippen molar-refractivity contribution in [1.29, 1.82) is 0 Å². The maximum Gasteiger partial charge on any atom is 0.240 e. The zero-order valence-electron chi connectivity index (χ0n) is 9.76. The second-order valence-corrected chi connectivity index (χ2v) is 5.39. The smallest absolute Gasteiger partial charge is 0.240 e. The van der Waals surface area contributed by atoms with Crippen LogP contribution in [0.1, 0.15) is 18.4 Å². The lowest BCUT2D eigenvalue weighted by Gasteiger charge is -2.16. The Morgan fingerprint density at radius 1 is 1.41 bits per heavy atom. The number of hydrogen-bond donors (Lipinski definition) is 3. The number of nitrogens with one attached hydrogen (secondary N) is 1. The van der Waals surface area contributed by atoms with Crippen LogP contribution in [0.2, 0.25) is 0 Å². The molecule has 0 radical (unpaired) electrons. The van der Waals surface area contributed by atoms with Gasteiger partial charge in [-0.1, -0.05) is 25.1 Å². The molecular formula is C11H18N2O3S. The van der Waals surface area contributed by atoms with E-state index in [-0.39, 0.29) is 24.0 Å². The average Bonchev–Trinajstić information content (AvgIpc) is 2.31. The van der Waals surface area contributed by atoms with Gasteiger partial charge in [0.25, 0.3) is 0 Å². The number of nitrogens with two attached hydrogens (primary N) is 1. The first-order chi connectivity index (χ1) is 8.06. The largest absolute Gasteiger partial charge is 0.396 e. The van der Waals surface area contributed by atoms with Crippen molar-refractivity contribution in [1.82, 2.24) is 4.72 Å². The van der Waals surface area contributed by atoms with Crippen molar-refractivity contribution in [3.63, 3.8) is 0 Å². The molecule has 0 amide bonds. The van der Waals surface area contributed by atoms with E-state index in [1.165, 1.54) is 6.07 Å². The van der Waals surface area contributed by atoms with Crippen LogP contribution in [0.15, 0.2) is 29.2 Å². The molecule has 6 heteroatoms. The van der Waals surface area contributed by atoms with Crippen molar-refractivity contribution < 1.29 is 13.5 Å². The van der Waals surface area contributed by atoms with E-state index in [1.54, 1.807) is 25.1 Å². The molecule has 0 bridgehead atoms. The molecule has 0 saturated heterocycles. The number of benzene rings is 1. The quantitative estimate of drug-likeness (QED) is 0.670. The second kappa shape index (κ2) is 6.11. The highest BCUT2D eigenvalue weighted by Gasteiger charge is 2.21. The summed E-state index contributed by atoms with van der Waals surface area (Å²) in [5, 5.41) is 9.20. The second-order valence-electron chi connectivity index (χ2n) is 3.65. The van der Waals surface area contributed by atoms with E-state index in [2.05, 4.69) is 4.72 Å². The molecule has 0 heterocycles. The highest BCUT2D eigenvalue weighted by atomic mass is 32.2. The molecule has 17 heavy (non-hydrogen) atoms. The first-order valence-corrected chi connectivity index (χ1v) is 6.94. The molecule has 1 aromatic rings. The highest BCUT2D eigenvalue weighted by Crippen LogP contribution is 2.22. The Balaban J connectivity index is 3.25. The Labute approximate surface area is 102 Å². The van der Waals surface area contributed by atoms with Crippen LogP contribution >= 0.6 is 0 Å². The summed E-state index contributed by atoms with van der Waals surface area (Å²) < 4.78 is 26.3. The minimum absolute atomic E-state index is 0.171. The fourth-order valence-electron chi connectivity index (χ4n) is 1.63. The molecular weight excluding hydrogens is 240 g/mol. The summed E-state index contributed by atoms with van der Waals surface area (Å²) in [6.45, 7) is 2.07. The molecule has 1 atom stereocenters. The van der Waals surface area contributed by atoms with Crippen LogP contribution in [0.3, 0.4) is 0 Å². The first-order valence-electron chi connectivity index (χ1n) is 5.46. The monoisotopic (exact) mass is 258 g/mol. The summed E-state index contributed by atoms with van der Waals surface area (Å²) >= 11 is 0. The van der Waals surface area contributed by atoms with Gasteiger partial charge in [-0.25, -0.2) is 13.1 Å². The Morgan fingerprint density at radius 3 is 2.59 bits per heavy atom. The van der Waals surface area contributed by atoms with Crippen LogP contribution in [0.25, 0.3) is 0 Å². The van der Waals surface area contributed by atoms with Gasteiger partial charge in [0.05, 0.1) is 11.5 Å². The molecule has 0 aromatic heterocycles. The van der Waals surface area contributed by atoms with Crippen LogP contribution in [0, 0.1) is 0 Å². The Bertz CT molecular complexity index is 456. The molecule has 0 aliphatic rings. The van der Waals surface area contributed by atoms with E-state index in [0.29, 0.717) is 12.1 Å². The number of rotatable bonds is 6. The molecule has 1 rings (SSSR count). The lowest BCUT2D eigenvalue weighted by Crippen LogP contribution is -2.26. The molecule has 0 saturated carbocycles. The standard InChI is InChI=1S/C11H18N2O3S/c1-2-13-17(15,16)11-6-4-3-5-10(11)9(7-12)8-14/h3-6,9,13-14H,2,7-8,12H2,1H3. The molecule has 0 fully saturated rings. The van der Waals surface area contributed by atoms with Gasteiger partial charge in [0.1, 0.15) is 0 Å². The fraction of sp³-hybridized carbons (Fsp3) is 0.455. The van der Waals surface area contributed by atoms with Crippen molar-refractivity contribution in [3.05, 3.63) is 29.8 Å². The van der Waals surface area contributed by atoms with E-state index in [9.17, 15) is 13.5 Å². The lowest BCUT2D eigenvalue weighted by molar-refractivity contribution is 0.266. The van der Waals surface area contributed by atoms with Crippen LogP contribution in [-0.4, -0.2) is 33.2 Å². The fourth-order valence-corrected chi connectivity index (χ4v) is 2.97. The maximum absolute atomic E-state index is 12.0. The van der Waals surface area contributed by atoms with E-state index in [0.717, 1.165) is 0 Å². The van der Waals surface area contributed by atoms with E-state index >= 15 is 0 Å². The summed E-state index contributed by atoms with van der Waals surface area (Å²) in [6.07, 6.45) is 0. The molecule has 0 aliphatic carbocycles. The van der Waals surface area contributed by atoms with Gasteiger partial charge < -0.3 is 10.8 Å². The topological polar surface area (TPSA) is 92.4 Å². The average molecular weight is 258 g/mol. The van der Waals surface area contributed by atoms with Crippen LogP contribution in [0.4, 0.5) is 0 Å². The molecule has 5 nitrogen and oxygen atoms in total. The van der Waals surface area contributed by atoms with E-state index in [1.807, 2.05) is 0 Å². The minimum atomic E-state index is -3.52. The number of aliphatic hydroxyl groups is 1. The van der Waals surface area contributed by atoms with E-state index in [4.69, 9.17) is 5.73 Å². The van der Waals surface area contributed by atoms with Crippen molar-refractivity contribution in [2.75, 3.05) is 19.7 Å². The van der Waals surface area contributed by atoms with Crippen molar-refractivity contribution >= 4 is 10.0 Å². The van der Waals surface area contributed by atoms with Gasteiger partial charge in [-0.3, -0.25) is 0 Å². The van der Waals surface area contributed by atoms with Crippen LogP contribution in [-0.2, 0) is 10.0 Å². The summed E-state index contributed by atoms with van der Waals surface area (Å²) in [6, 6.07) is 6.58. The van der Waals surface area contributed by atoms with Gasteiger partial charge in [0.15, 0.2) is 0 Å². The van der Waals surface area contributed by atoms with Crippen LogP contribution in [0.5, 0.6) is 0 Å². The maximum atomic E-state index is 12.0. The molecule has 1 unspecified atom stereocenters. The summed E-state index contributed by atoms with van der Waals surface area (Å²) in [5.74, 6) is -0.361. The predicted octanol–water partition coefficient (Wildman–Crippen LogP) is 0.0194. The van der Waals surface area contributed by atoms with Gasteiger partial charge in [-0.05, 0) is 11.6 Å². The Kier molecular flexibility index (Phi) is 5.07. The third kappa shape index (κ3) is 3.26. The Morgan fingerprint density at radius 2 is 2.06 bits per heavy atom. The zero-order chi connectivity index (χ0) is 12.9. The summed E-state index contributed by atoms with van der Waals surface area (Å²) in [5.41, 5.74) is 6.08. The van der Waals surface area contributed by atoms with E-state index < -0.39 is 10.0 Å². The molecule has 96 valence electrons. The number of aliphatic hydroxyl groups excluding tert-OH is 1. The molecule has 4 N–H and O–H groups in total. The predicted molar refractivity (Wildman–Crippen MR) is 66.2 cm³/mol. The third-order valence-corrected chi connectivity index (χ3v) is 4.11. The first kappa shape index (κ1) is 14.1. The van der Waals surface area contributed by atoms with Crippen molar-refractivity contribution in [3.8, 4) is 0 Å². The van der Waals surface area contributed by atoms with Gasteiger partial charge in [-0.15, -0.1) is 0 Å². The Hall–Kier alpha value is -0.950. The zero-order valence-corrected chi connectivity index (χ0v) is 10.6. The number of sulfonamides is 1. The third-order valence-electron chi connectivity index (χ3n) is 2.49. The van der Waals surface area contributed by atoms with Gasteiger partial charge in [-0.2, -0.15) is 0 Å². The molecule has 1 aromatic carbocycles. The summed E-state index contributed by atoms with van der Waals surface area (Å²) in [4.78, 5) is 0.186. The van der Waals surface area contributed by atoms with Gasteiger partial charge >= 0.3 is 0 Å². The SMILES string of the molecule is CCNS(=O)(=O)c1ccccc1C(CN)CO. The lowest BCUT2D eigenvalue weighted by atomic mass is 10.0. The molecule has 0 spiro atoms. The van der Waals surface area contributed by atoms with Crippen molar-refractivity contribution in [2.24, 2.45) is 5.73 Å². The summed E-state index contributed by atoms with van der Waals surface area (Å²) in [7, 11) is -3.52. The minimum Gasteiger partial charge on any atom is -0.396 e. The van der Waals surface area contributed by atoms with Gasteiger partial charge in [0, 0.05) is 19.0 Å². The number of hydrogen-bond acceptors (Lipinski definition) is 4. The molecule has 0 aliphatic heterocycles. The van der Waals surface area contributed by atoms with Gasteiger partial charge in [0.2, 0.25) is 10.0 Å².